The summed E-state index contributed by atoms with van der Waals surface area (Å²) in [7, 11) is 0. The Morgan fingerprint density at radius 1 is 1.02 bits per heavy atom. The minimum Gasteiger partial charge on any atom is -0.465 e. The van der Waals surface area contributed by atoms with Crippen LogP contribution in [0.2, 0.25) is 0 Å². The molecule has 252 valence electrons. The highest BCUT2D eigenvalue weighted by Gasteiger charge is 2.77. The van der Waals surface area contributed by atoms with Crippen molar-refractivity contribution in [2.45, 2.75) is 118 Å². The van der Waals surface area contributed by atoms with Crippen LogP contribution in [0.15, 0.2) is 11.6 Å². The Bertz CT molecular complexity index is 1200. The number of fused-ring (bicyclic) bond motifs is 2. The summed E-state index contributed by atoms with van der Waals surface area (Å²) in [6.07, 6.45) is 2.11. The Morgan fingerprint density at radius 2 is 1.67 bits per heavy atom. The standard InChI is InChI=1S/C34H50O11/c1-9-19(3)30(38)44-25-11-12-33(17-42-33)34(18-41-22(6)35)27(43-23(7)36)13-21(5)32(8,29(25)34)15-26(24-14-28(37)40-16-24)45-31(39)20(4)10-2/h14,19-21,25-27,29H,9-13,15-18H2,1-8H3. The molecule has 10 atom stereocenters. The van der Waals surface area contributed by atoms with E-state index >= 15 is 0 Å². The van der Waals surface area contributed by atoms with Crippen LogP contribution in [0, 0.1) is 34.5 Å². The highest BCUT2D eigenvalue weighted by Crippen LogP contribution is 2.70. The normalized spacial score (nSPS) is 35.6. The van der Waals surface area contributed by atoms with Crippen LogP contribution in [-0.2, 0) is 52.4 Å². The van der Waals surface area contributed by atoms with Crippen molar-refractivity contribution in [2.75, 3.05) is 19.8 Å². The summed E-state index contributed by atoms with van der Waals surface area (Å²) in [4.78, 5) is 63.7. The Hall–Kier alpha value is -2.95. The molecule has 45 heavy (non-hydrogen) atoms. The lowest BCUT2D eigenvalue weighted by molar-refractivity contribution is -0.260. The van der Waals surface area contributed by atoms with Gasteiger partial charge in [-0.15, -0.1) is 0 Å². The maximum atomic E-state index is 13.4. The van der Waals surface area contributed by atoms with Gasteiger partial charge in [0.05, 0.1) is 23.9 Å². The SMILES string of the molecule is CCC(C)C(=O)OC(CC1(C)C(C)CC(OC(C)=O)C2(COC(C)=O)C1C(OC(=O)C(C)CC)CCC21CO1)C1=CC(=O)OC1. The van der Waals surface area contributed by atoms with Gasteiger partial charge < -0.3 is 28.4 Å². The second-order valence-electron chi connectivity index (χ2n) is 13.9. The molecule has 1 spiro atoms. The average Bonchev–Trinajstić information content (AvgIpc) is 3.64. The van der Waals surface area contributed by atoms with Crippen LogP contribution in [0.4, 0.5) is 0 Å². The van der Waals surface area contributed by atoms with Gasteiger partial charge in [0.25, 0.3) is 0 Å². The van der Waals surface area contributed by atoms with E-state index in [4.69, 9.17) is 28.4 Å². The van der Waals surface area contributed by atoms with E-state index in [-0.39, 0.29) is 49.3 Å². The number of carbonyl (C=O) groups is 5. The molecule has 11 heteroatoms. The maximum absolute atomic E-state index is 13.4. The molecule has 0 N–H and O–H groups in total. The number of hydrogen-bond acceptors (Lipinski definition) is 11. The average molecular weight is 635 g/mol. The van der Waals surface area contributed by atoms with Crippen LogP contribution in [0.1, 0.15) is 93.9 Å². The number of esters is 5. The predicted octanol–water partition coefficient (Wildman–Crippen LogP) is 4.48. The molecule has 3 fully saturated rings. The van der Waals surface area contributed by atoms with E-state index in [0.29, 0.717) is 44.3 Å². The van der Waals surface area contributed by atoms with Crippen molar-refractivity contribution in [3.63, 3.8) is 0 Å². The molecule has 0 bridgehead atoms. The number of epoxide rings is 1. The fourth-order valence-electron chi connectivity index (χ4n) is 7.93. The quantitative estimate of drug-likeness (QED) is 0.170. The molecule has 0 amide bonds. The lowest BCUT2D eigenvalue weighted by atomic mass is 9.42. The molecule has 2 saturated carbocycles. The van der Waals surface area contributed by atoms with Crippen molar-refractivity contribution in [2.24, 2.45) is 34.5 Å². The van der Waals surface area contributed by atoms with E-state index < -0.39 is 58.6 Å². The topological polar surface area (TPSA) is 144 Å². The molecule has 2 aliphatic heterocycles. The molecule has 0 radical (unpaired) electrons. The largest absolute Gasteiger partial charge is 0.465 e. The zero-order valence-electron chi connectivity index (χ0n) is 28.0. The van der Waals surface area contributed by atoms with Crippen LogP contribution in [0.25, 0.3) is 0 Å². The summed E-state index contributed by atoms with van der Waals surface area (Å²) in [6, 6.07) is 0. The second kappa shape index (κ2) is 13.4. The van der Waals surface area contributed by atoms with Crippen LogP contribution in [0.3, 0.4) is 0 Å². The third-order valence-corrected chi connectivity index (χ3v) is 11.2. The number of ether oxygens (including phenoxy) is 6. The third kappa shape index (κ3) is 6.65. The molecule has 11 nitrogen and oxygen atoms in total. The van der Waals surface area contributed by atoms with E-state index in [9.17, 15) is 24.0 Å². The molecule has 2 aliphatic carbocycles. The first-order chi connectivity index (χ1) is 21.1. The zero-order chi connectivity index (χ0) is 33.3. The molecule has 4 aliphatic rings. The van der Waals surface area contributed by atoms with Gasteiger partial charge in [0, 0.05) is 31.4 Å². The summed E-state index contributed by atoms with van der Waals surface area (Å²) in [5.74, 6) is -3.58. The molecule has 0 aromatic carbocycles. The summed E-state index contributed by atoms with van der Waals surface area (Å²) in [6.45, 7) is 14.5. The highest BCUT2D eigenvalue weighted by molar-refractivity contribution is 5.85. The number of carbonyl (C=O) groups excluding carboxylic acids is 5. The van der Waals surface area contributed by atoms with Crippen molar-refractivity contribution < 1.29 is 52.4 Å². The molecule has 1 saturated heterocycles. The second-order valence-corrected chi connectivity index (χ2v) is 13.9. The summed E-state index contributed by atoms with van der Waals surface area (Å²) >= 11 is 0. The third-order valence-electron chi connectivity index (χ3n) is 11.2. The van der Waals surface area contributed by atoms with Gasteiger partial charge in [-0.25, -0.2) is 4.79 Å². The monoisotopic (exact) mass is 634 g/mol. The lowest BCUT2D eigenvalue weighted by Crippen LogP contribution is -2.71. The first-order valence-corrected chi connectivity index (χ1v) is 16.4. The Balaban J connectivity index is 1.89. The van der Waals surface area contributed by atoms with Gasteiger partial charge >= 0.3 is 29.8 Å². The van der Waals surface area contributed by atoms with Crippen LogP contribution >= 0.6 is 0 Å². The first kappa shape index (κ1) is 34.9. The van der Waals surface area contributed by atoms with Gasteiger partial charge in [-0.05, 0) is 49.9 Å². The fourth-order valence-corrected chi connectivity index (χ4v) is 7.93. The lowest BCUT2D eigenvalue weighted by Gasteiger charge is -2.64. The van der Waals surface area contributed by atoms with Crippen molar-refractivity contribution in [3.05, 3.63) is 11.6 Å². The molecule has 2 heterocycles. The van der Waals surface area contributed by atoms with E-state index in [2.05, 4.69) is 6.92 Å². The van der Waals surface area contributed by atoms with Gasteiger partial charge in [0.1, 0.15) is 37.1 Å². The Kier molecular flexibility index (Phi) is 10.4. The van der Waals surface area contributed by atoms with Gasteiger partial charge in [-0.2, -0.15) is 0 Å². The smallest absolute Gasteiger partial charge is 0.331 e. The summed E-state index contributed by atoms with van der Waals surface area (Å²) < 4.78 is 35.9. The number of rotatable bonds is 12. The van der Waals surface area contributed by atoms with Crippen molar-refractivity contribution in [1.82, 2.24) is 0 Å². The summed E-state index contributed by atoms with van der Waals surface area (Å²) in [5.41, 5.74) is -2.03. The maximum Gasteiger partial charge on any atom is 0.331 e. The van der Waals surface area contributed by atoms with Crippen molar-refractivity contribution in [3.8, 4) is 0 Å². The minimum absolute atomic E-state index is 0.000550. The molecule has 0 aromatic heterocycles. The van der Waals surface area contributed by atoms with Crippen LogP contribution < -0.4 is 0 Å². The van der Waals surface area contributed by atoms with Crippen molar-refractivity contribution >= 4 is 29.8 Å². The predicted molar refractivity (Wildman–Crippen MR) is 160 cm³/mol. The van der Waals surface area contributed by atoms with Gasteiger partial charge in [-0.1, -0.05) is 41.5 Å². The van der Waals surface area contributed by atoms with Gasteiger partial charge in [0.2, 0.25) is 0 Å². The molecular weight excluding hydrogens is 584 g/mol. The fraction of sp³-hybridized carbons (Fsp3) is 0.794. The zero-order valence-corrected chi connectivity index (χ0v) is 28.0. The minimum atomic E-state index is -1.06. The van der Waals surface area contributed by atoms with Gasteiger partial charge in [0.15, 0.2) is 0 Å². The number of cyclic esters (lactones) is 1. The van der Waals surface area contributed by atoms with E-state index in [0.717, 1.165) is 0 Å². The van der Waals surface area contributed by atoms with Gasteiger partial charge in [-0.3, -0.25) is 19.2 Å². The Labute approximate surface area is 266 Å². The number of hydrogen-bond donors (Lipinski definition) is 0. The van der Waals surface area contributed by atoms with Crippen LogP contribution in [0.5, 0.6) is 0 Å². The first-order valence-electron chi connectivity index (χ1n) is 16.4. The van der Waals surface area contributed by atoms with E-state index in [1.54, 1.807) is 6.92 Å². The molecular formula is C34H50O11. The van der Waals surface area contributed by atoms with E-state index in [1.165, 1.54) is 19.9 Å². The summed E-state index contributed by atoms with van der Waals surface area (Å²) in [5, 5.41) is 0. The van der Waals surface area contributed by atoms with Crippen LogP contribution in [-0.4, -0.2) is 73.6 Å². The van der Waals surface area contributed by atoms with E-state index in [1.807, 2.05) is 27.7 Å². The Morgan fingerprint density at radius 3 is 2.20 bits per heavy atom. The highest BCUT2D eigenvalue weighted by atomic mass is 16.6. The molecule has 0 aromatic rings. The molecule has 4 rings (SSSR count). The molecule has 10 unspecified atom stereocenters. The van der Waals surface area contributed by atoms with Crippen molar-refractivity contribution in [1.29, 1.82) is 0 Å².